The molecule has 28 heavy (non-hydrogen) atoms. The Hall–Kier alpha value is -2.14. The van der Waals surface area contributed by atoms with Crippen molar-refractivity contribution < 1.29 is 27.4 Å². The van der Waals surface area contributed by atoms with Crippen LogP contribution in [0.1, 0.15) is 12.6 Å². The van der Waals surface area contributed by atoms with Crippen LogP contribution in [0.5, 0.6) is 5.75 Å². The van der Waals surface area contributed by atoms with Crippen molar-refractivity contribution in [2.45, 2.75) is 35.0 Å². The van der Waals surface area contributed by atoms with E-state index in [1.165, 1.54) is 35.6 Å². The van der Waals surface area contributed by atoms with E-state index in [1.54, 1.807) is 6.92 Å². The lowest BCUT2D eigenvalue weighted by molar-refractivity contribution is -0.274. The molecule has 0 amide bonds. The average molecular weight is 432 g/mol. The quantitative estimate of drug-likeness (QED) is 0.407. The maximum absolute atomic E-state index is 13.0. The number of carbonyl (C=O) groups excluding carboxylic acids is 1. The third-order valence-electron chi connectivity index (χ3n) is 3.81. The Kier molecular flexibility index (Phi) is 5.94. The lowest BCUT2D eigenvalue weighted by Gasteiger charge is -2.16. The number of rotatable bonds is 5. The first-order valence-electron chi connectivity index (χ1n) is 8.09. The van der Waals surface area contributed by atoms with Crippen LogP contribution in [0, 0.1) is 0 Å². The summed E-state index contributed by atoms with van der Waals surface area (Å²) in [5.41, 5.74) is 0.654. The molecule has 0 bridgehead atoms. The summed E-state index contributed by atoms with van der Waals surface area (Å²) >= 11 is 2.43. The fourth-order valence-electron chi connectivity index (χ4n) is 2.57. The first-order valence-corrected chi connectivity index (χ1v) is 9.95. The molecule has 0 spiro atoms. The van der Waals surface area contributed by atoms with Crippen molar-refractivity contribution in [2.75, 3.05) is 12.9 Å². The maximum Gasteiger partial charge on any atom is 0.573 e. The van der Waals surface area contributed by atoms with Gasteiger partial charge in [0.05, 0.1) is 23.4 Å². The zero-order valence-corrected chi connectivity index (χ0v) is 16.4. The second kappa shape index (κ2) is 8.08. The molecule has 2 aromatic rings. The van der Waals surface area contributed by atoms with Gasteiger partial charge in [0, 0.05) is 12.2 Å². The van der Waals surface area contributed by atoms with Crippen molar-refractivity contribution in [3.05, 3.63) is 40.3 Å². The molecule has 6 nitrogen and oxygen atoms in total. The normalized spacial score (nSPS) is 14.5. The fourth-order valence-corrected chi connectivity index (χ4v) is 4.56. The largest absolute Gasteiger partial charge is 0.573 e. The molecule has 1 aliphatic rings. The molecule has 1 aliphatic heterocycles. The Morgan fingerprint density at radius 2 is 2.00 bits per heavy atom. The minimum Gasteiger partial charge on any atom is -0.468 e. The van der Waals surface area contributed by atoms with E-state index in [-0.39, 0.29) is 10.7 Å². The van der Waals surface area contributed by atoms with Gasteiger partial charge in [0.25, 0.3) is 5.56 Å². The molecule has 1 atom stereocenters. The lowest BCUT2D eigenvalue weighted by atomic mass is 10.3. The highest BCUT2D eigenvalue weighted by atomic mass is 32.2. The van der Waals surface area contributed by atoms with Gasteiger partial charge in [-0.05, 0) is 31.2 Å². The Bertz CT molecular complexity index is 945. The third kappa shape index (κ3) is 4.46. The standard InChI is InChI=1S/C17H15F3N2O4S2/c1-9(15(24)25-2)28-16-21-12-7-8-27-13(12)14(23)22(16)10-3-5-11(6-4-10)26-17(18,19)20/h3-6,9H,7-8H2,1-2H3/t9-/m0/s1. The smallest absolute Gasteiger partial charge is 0.468 e. The van der Waals surface area contributed by atoms with Crippen LogP contribution in [0.4, 0.5) is 13.2 Å². The number of nitrogens with zero attached hydrogens (tertiary/aromatic N) is 2. The number of hydrogen-bond acceptors (Lipinski definition) is 7. The van der Waals surface area contributed by atoms with E-state index in [2.05, 4.69) is 9.72 Å². The molecule has 0 N–H and O–H groups in total. The number of carbonyl (C=O) groups is 1. The number of fused-ring (bicyclic) bond motifs is 1. The molecule has 3 rings (SSSR count). The number of aryl methyl sites for hydroxylation is 1. The van der Waals surface area contributed by atoms with Crippen molar-refractivity contribution in [1.82, 2.24) is 9.55 Å². The van der Waals surface area contributed by atoms with Gasteiger partial charge in [-0.2, -0.15) is 0 Å². The first-order chi connectivity index (χ1) is 13.2. The van der Waals surface area contributed by atoms with Crippen LogP contribution in [-0.4, -0.2) is 40.0 Å². The van der Waals surface area contributed by atoms with E-state index >= 15 is 0 Å². The van der Waals surface area contributed by atoms with Crippen LogP contribution < -0.4 is 10.3 Å². The summed E-state index contributed by atoms with van der Waals surface area (Å²) in [6, 6.07) is 4.91. The zero-order chi connectivity index (χ0) is 20.5. The Morgan fingerprint density at radius 1 is 1.32 bits per heavy atom. The van der Waals surface area contributed by atoms with Gasteiger partial charge in [-0.3, -0.25) is 14.2 Å². The molecule has 0 unspecified atom stereocenters. The van der Waals surface area contributed by atoms with E-state index in [4.69, 9.17) is 4.74 Å². The molecule has 1 aromatic carbocycles. The molecule has 150 valence electrons. The predicted molar refractivity (Wildman–Crippen MR) is 98.3 cm³/mol. The van der Waals surface area contributed by atoms with Gasteiger partial charge in [-0.25, -0.2) is 4.98 Å². The molecule has 0 radical (unpaired) electrons. The van der Waals surface area contributed by atoms with Crippen molar-refractivity contribution in [1.29, 1.82) is 0 Å². The number of benzene rings is 1. The highest BCUT2D eigenvalue weighted by Gasteiger charge is 2.31. The van der Waals surface area contributed by atoms with Gasteiger partial charge in [0.1, 0.15) is 11.0 Å². The van der Waals surface area contributed by atoms with E-state index in [1.807, 2.05) is 0 Å². The Morgan fingerprint density at radius 3 is 2.61 bits per heavy atom. The number of esters is 1. The number of methoxy groups -OCH3 is 1. The monoisotopic (exact) mass is 432 g/mol. The maximum atomic E-state index is 13.0. The summed E-state index contributed by atoms with van der Waals surface area (Å²) in [6.07, 6.45) is -4.17. The van der Waals surface area contributed by atoms with Crippen LogP contribution in [-0.2, 0) is 16.0 Å². The summed E-state index contributed by atoms with van der Waals surface area (Å²) in [5, 5.41) is -0.350. The minimum atomic E-state index is -4.80. The van der Waals surface area contributed by atoms with Crippen LogP contribution in [0.3, 0.4) is 0 Å². The second-order valence-corrected chi connectivity index (χ2v) is 8.15. The van der Waals surface area contributed by atoms with Gasteiger partial charge in [0.2, 0.25) is 0 Å². The SMILES string of the molecule is COC(=O)[C@H](C)Sc1nc2c(c(=O)n1-c1ccc(OC(F)(F)F)cc1)SCC2. The van der Waals surface area contributed by atoms with Crippen molar-refractivity contribution in [3.63, 3.8) is 0 Å². The zero-order valence-electron chi connectivity index (χ0n) is 14.8. The number of aromatic nitrogens is 2. The molecular weight excluding hydrogens is 417 g/mol. The predicted octanol–water partition coefficient (Wildman–Crippen LogP) is 3.43. The summed E-state index contributed by atoms with van der Waals surface area (Å²) in [5.74, 6) is -0.157. The van der Waals surface area contributed by atoms with Crippen LogP contribution in [0.2, 0.25) is 0 Å². The average Bonchev–Trinajstić information content (AvgIpc) is 3.10. The lowest BCUT2D eigenvalue weighted by Crippen LogP contribution is -2.25. The highest BCUT2D eigenvalue weighted by Crippen LogP contribution is 2.32. The number of alkyl halides is 3. The summed E-state index contributed by atoms with van der Waals surface area (Å²) in [7, 11) is 1.26. The van der Waals surface area contributed by atoms with Gasteiger partial charge < -0.3 is 9.47 Å². The Labute approximate surface area is 166 Å². The molecule has 0 saturated carbocycles. The van der Waals surface area contributed by atoms with Crippen molar-refractivity contribution in [2.24, 2.45) is 0 Å². The van der Waals surface area contributed by atoms with Gasteiger partial charge in [0.15, 0.2) is 5.16 Å². The number of halogens is 3. The van der Waals surface area contributed by atoms with E-state index in [9.17, 15) is 22.8 Å². The summed E-state index contributed by atoms with van der Waals surface area (Å²) < 4.78 is 46.9. The molecule has 0 fully saturated rings. The molecule has 1 aromatic heterocycles. The number of thioether (sulfide) groups is 2. The second-order valence-electron chi connectivity index (χ2n) is 5.73. The van der Waals surface area contributed by atoms with Gasteiger partial charge >= 0.3 is 12.3 Å². The van der Waals surface area contributed by atoms with Gasteiger partial charge in [-0.15, -0.1) is 24.9 Å². The van der Waals surface area contributed by atoms with Crippen LogP contribution in [0.25, 0.3) is 5.69 Å². The minimum absolute atomic E-state index is 0.272. The van der Waals surface area contributed by atoms with Gasteiger partial charge in [-0.1, -0.05) is 11.8 Å². The number of ether oxygens (including phenoxy) is 2. The molecular formula is C17H15F3N2O4S2. The van der Waals surface area contributed by atoms with Crippen LogP contribution >= 0.6 is 23.5 Å². The fraction of sp³-hybridized carbons (Fsp3) is 0.353. The molecule has 0 aliphatic carbocycles. The molecule has 2 heterocycles. The molecule has 0 saturated heterocycles. The van der Waals surface area contributed by atoms with E-state index in [0.717, 1.165) is 29.6 Å². The van der Waals surface area contributed by atoms with Crippen LogP contribution in [0.15, 0.2) is 39.1 Å². The summed E-state index contributed by atoms with van der Waals surface area (Å²) in [6.45, 7) is 1.62. The summed E-state index contributed by atoms with van der Waals surface area (Å²) in [4.78, 5) is 29.8. The van der Waals surface area contributed by atoms with E-state index in [0.29, 0.717) is 22.7 Å². The third-order valence-corrected chi connectivity index (χ3v) is 5.95. The molecule has 11 heteroatoms. The van der Waals surface area contributed by atoms with Crippen molar-refractivity contribution in [3.8, 4) is 11.4 Å². The first kappa shape index (κ1) is 20.6. The number of hydrogen-bond donors (Lipinski definition) is 0. The highest BCUT2D eigenvalue weighted by molar-refractivity contribution is 8.00. The van der Waals surface area contributed by atoms with E-state index < -0.39 is 23.3 Å². The Balaban J connectivity index is 2.03. The topological polar surface area (TPSA) is 70.4 Å². The van der Waals surface area contributed by atoms with Crippen molar-refractivity contribution >= 4 is 29.5 Å².